The summed E-state index contributed by atoms with van der Waals surface area (Å²) in [4.78, 5) is 14.8. The maximum atomic E-state index is 10.7. The molecule has 0 aliphatic heterocycles. The van der Waals surface area contributed by atoms with Crippen molar-refractivity contribution in [1.82, 2.24) is 10.6 Å². The zero-order chi connectivity index (χ0) is 17.9. The summed E-state index contributed by atoms with van der Waals surface area (Å²) in [6.45, 7) is 1.81. The van der Waals surface area contributed by atoms with Crippen LogP contribution in [0, 0.1) is 10.1 Å². The predicted octanol–water partition coefficient (Wildman–Crippen LogP) is 3.18. The lowest BCUT2D eigenvalue weighted by Gasteiger charge is -2.11. The van der Waals surface area contributed by atoms with Crippen molar-refractivity contribution in [2.75, 3.05) is 18.6 Å². The molecule has 0 aliphatic rings. The number of nitro benzene ring substituents is 1. The predicted molar refractivity (Wildman–Crippen MR) is 101 cm³/mol. The van der Waals surface area contributed by atoms with Gasteiger partial charge in [0.2, 0.25) is 0 Å². The first-order chi connectivity index (χ1) is 12.2. The van der Waals surface area contributed by atoms with E-state index in [1.807, 2.05) is 23.9 Å². The Hall–Kier alpha value is -2.48. The Morgan fingerprint density at radius 3 is 2.72 bits per heavy atom. The van der Waals surface area contributed by atoms with Gasteiger partial charge in [-0.15, -0.1) is 0 Å². The molecule has 0 spiro atoms. The molecule has 0 amide bonds. The Morgan fingerprint density at radius 2 is 2.08 bits per heavy atom. The van der Waals surface area contributed by atoms with E-state index in [2.05, 4.69) is 21.9 Å². The number of thioether (sulfide) groups is 1. The molecule has 0 bridgehead atoms. The molecular weight excluding hydrogens is 340 g/mol. The fourth-order valence-corrected chi connectivity index (χ4v) is 2.51. The van der Waals surface area contributed by atoms with Crippen LogP contribution in [-0.4, -0.2) is 29.4 Å². The summed E-state index contributed by atoms with van der Waals surface area (Å²) in [6, 6.07) is 10.2. The molecule has 2 aromatic rings. The number of aliphatic imine (C=N–C) groups is 1. The minimum Gasteiger partial charge on any atom is -0.467 e. The average molecular weight is 362 g/mol. The van der Waals surface area contributed by atoms with Crippen LogP contribution in [0.4, 0.5) is 5.69 Å². The van der Waals surface area contributed by atoms with Crippen LogP contribution in [0.25, 0.3) is 0 Å². The average Bonchev–Trinajstić information content (AvgIpc) is 3.14. The van der Waals surface area contributed by atoms with Gasteiger partial charge in [-0.25, -0.2) is 4.99 Å². The van der Waals surface area contributed by atoms with E-state index in [-0.39, 0.29) is 5.69 Å². The number of non-ortho nitro benzene ring substituents is 1. The number of hydrogen-bond donors (Lipinski definition) is 2. The summed E-state index contributed by atoms with van der Waals surface area (Å²) in [5, 5.41) is 17.2. The van der Waals surface area contributed by atoms with Gasteiger partial charge in [0.15, 0.2) is 5.96 Å². The van der Waals surface area contributed by atoms with E-state index in [9.17, 15) is 10.1 Å². The molecular formula is C17H22N4O3S. The first-order valence-electron chi connectivity index (χ1n) is 7.96. The molecule has 0 unspecified atom stereocenters. The molecule has 8 heteroatoms. The Bertz CT molecular complexity index is 672. The highest BCUT2D eigenvalue weighted by molar-refractivity contribution is 7.98. The third-order valence-corrected chi connectivity index (χ3v) is 4.09. The fraction of sp³-hybridized carbons (Fsp3) is 0.353. The topological polar surface area (TPSA) is 92.7 Å². The standard InChI is InChI=1S/C17H22N4O3S/c1-25-11-3-9-18-17(20-13-16-4-2-10-24-16)19-12-14-5-7-15(8-6-14)21(22)23/h2,4-8,10H,3,9,11-13H2,1H3,(H2,18,19,20). The SMILES string of the molecule is CSCCCNC(=NCc1ccc([N+](=O)[O-])cc1)NCc1ccco1. The van der Waals surface area contributed by atoms with Crippen molar-refractivity contribution in [3.8, 4) is 0 Å². The van der Waals surface area contributed by atoms with Gasteiger partial charge in [0.05, 0.1) is 24.3 Å². The molecule has 0 radical (unpaired) electrons. The van der Waals surface area contributed by atoms with Gasteiger partial charge < -0.3 is 15.1 Å². The largest absolute Gasteiger partial charge is 0.467 e. The second-order valence-corrected chi connectivity index (χ2v) is 6.28. The third-order valence-electron chi connectivity index (χ3n) is 3.39. The minimum atomic E-state index is -0.406. The Balaban J connectivity index is 1.93. The monoisotopic (exact) mass is 362 g/mol. The van der Waals surface area contributed by atoms with Crippen molar-refractivity contribution < 1.29 is 9.34 Å². The zero-order valence-corrected chi connectivity index (χ0v) is 14.9. The van der Waals surface area contributed by atoms with Crippen molar-refractivity contribution in [2.45, 2.75) is 19.5 Å². The number of nitrogens with zero attached hydrogens (tertiary/aromatic N) is 2. The molecule has 1 aromatic carbocycles. The van der Waals surface area contributed by atoms with Crippen LogP contribution in [0.15, 0.2) is 52.1 Å². The molecule has 0 aliphatic carbocycles. The third kappa shape index (κ3) is 6.88. The van der Waals surface area contributed by atoms with E-state index >= 15 is 0 Å². The second kappa shape index (κ2) is 10.4. The van der Waals surface area contributed by atoms with E-state index in [0.717, 1.165) is 30.0 Å². The molecule has 2 N–H and O–H groups in total. The number of rotatable bonds is 9. The lowest BCUT2D eigenvalue weighted by molar-refractivity contribution is -0.384. The lowest BCUT2D eigenvalue weighted by atomic mass is 10.2. The van der Waals surface area contributed by atoms with Gasteiger partial charge >= 0.3 is 0 Å². The van der Waals surface area contributed by atoms with Crippen LogP contribution >= 0.6 is 11.8 Å². The van der Waals surface area contributed by atoms with Crippen LogP contribution in [0.3, 0.4) is 0 Å². The summed E-state index contributed by atoms with van der Waals surface area (Å²) in [6.07, 6.45) is 4.76. The van der Waals surface area contributed by atoms with Crippen LogP contribution < -0.4 is 10.6 Å². The van der Waals surface area contributed by atoms with Gasteiger partial charge in [-0.2, -0.15) is 11.8 Å². The van der Waals surface area contributed by atoms with Crippen molar-refractivity contribution in [2.24, 2.45) is 4.99 Å². The van der Waals surface area contributed by atoms with Crippen LogP contribution in [0.1, 0.15) is 17.7 Å². The molecule has 2 rings (SSSR count). The molecule has 25 heavy (non-hydrogen) atoms. The number of nitro groups is 1. The molecule has 0 saturated heterocycles. The molecule has 0 atom stereocenters. The van der Waals surface area contributed by atoms with E-state index < -0.39 is 4.92 Å². The smallest absolute Gasteiger partial charge is 0.269 e. The van der Waals surface area contributed by atoms with Gasteiger partial charge in [-0.3, -0.25) is 10.1 Å². The van der Waals surface area contributed by atoms with Crippen LogP contribution in [0.5, 0.6) is 0 Å². The van der Waals surface area contributed by atoms with Crippen molar-refractivity contribution >= 4 is 23.4 Å². The second-order valence-electron chi connectivity index (χ2n) is 5.29. The summed E-state index contributed by atoms with van der Waals surface area (Å²) in [5.41, 5.74) is 0.993. The number of hydrogen-bond acceptors (Lipinski definition) is 5. The maximum Gasteiger partial charge on any atom is 0.269 e. The van der Waals surface area contributed by atoms with Gasteiger partial charge in [0, 0.05) is 18.7 Å². The number of furan rings is 1. The highest BCUT2D eigenvalue weighted by Crippen LogP contribution is 2.12. The molecule has 0 saturated carbocycles. The fourth-order valence-electron chi connectivity index (χ4n) is 2.08. The molecule has 134 valence electrons. The Kier molecular flexibility index (Phi) is 7.84. The quantitative estimate of drug-likeness (QED) is 0.234. The number of benzene rings is 1. The highest BCUT2D eigenvalue weighted by atomic mass is 32.2. The summed E-state index contributed by atoms with van der Waals surface area (Å²) in [5.74, 6) is 2.60. The lowest BCUT2D eigenvalue weighted by Crippen LogP contribution is -2.37. The minimum absolute atomic E-state index is 0.0825. The van der Waals surface area contributed by atoms with E-state index in [1.165, 1.54) is 12.1 Å². The summed E-state index contributed by atoms with van der Waals surface area (Å²) in [7, 11) is 0. The van der Waals surface area contributed by atoms with Crippen molar-refractivity contribution in [1.29, 1.82) is 0 Å². The highest BCUT2D eigenvalue weighted by Gasteiger charge is 2.04. The number of guanidine groups is 1. The normalized spacial score (nSPS) is 11.3. The first-order valence-corrected chi connectivity index (χ1v) is 9.35. The maximum absolute atomic E-state index is 10.7. The van der Waals surface area contributed by atoms with Gasteiger partial charge in [-0.1, -0.05) is 12.1 Å². The Morgan fingerprint density at radius 1 is 1.28 bits per heavy atom. The van der Waals surface area contributed by atoms with Gasteiger partial charge in [0.25, 0.3) is 5.69 Å². The van der Waals surface area contributed by atoms with Crippen LogP contribution in [0.2, 0.25) is 0 Å². The van der Waals surface area contributed by atoms with Gasteiger partial charge in [0.1, 0.15) is 5.76 Å². The molecule has 0 fully saturated rings. The molecule has 7 nitrogen and oxygen atoms in total. The molecule has 1 heterocycles. The summed E-state index contributed by atoms with van der Waals surface area (Å²) < 4.78 is 5.31. The molecule has 1 aromatic heterocycles. The summed E-state index contributed by atoms with van der Waals surface area (Å²) >= 11 is 1.81. The Labute approximate surface area is 151 Å². The first kappa shape index (κ1) is 18.9. The van der Waals surface area contributed by atoms with E-state index in [0.29, 0.717) is 19.0 Å². The van der Waals surface area contributed by atoms with Gasteiger partial charge in [-0.05, 0) is 36.1 Å². The zero-order valence-electron chi connectivity index (χ0n) is 14.1. The van der Waals surface area contributed by atoms with Crippen molar-refractivity contribution in [3.63, 3.8) is 0 Å². The van der Waals surface area contributed by atoms with Crippen molar-refractivity contribution in [3.05, 3.63) is 64.1 Å². The van der Waals surface area contributed by atoms with E-state index in [4.69, 9.17) is 4.42 Å². The van der Waals surface area contributed by atoms with Crippen LogP contribution in [-0.2, 0) is 13.1 Å². The van der Waals surface area contributed by atoms with E-state index in [1.54, 1.807) is 18.4 Å². The number of nitrogens with one attached hydrogen (secondary N) is 2.